The standard InChI is InChI=1S/C19H22ClFN2O2S/c20-18-15-17(8-9-19(18)21)22-10-12-23(13-11-22)26(24,25)14-4-7-16-5-2-1-3-6-16/h1-3,5-6,8-9,15H,4,7,10-14H2. The first-order chi connectivity index (χ1) is 12.5. The SMILES string of the molecule is O=S(=O)(CCCc1ccccc1)N1CCN(c2ccc(F)c(Cl)c2)CC1. The average molecular weight is 397 g/mol. The fourth-order valence-electron chi connectivity index (χ4n) is 3.14. The van der Waals surface area contributed by atoms with Crippen molar-refractivity contribution in [2.24, 2.45) is 0 Å². The van der Waals surface area contributed by atoms with Crippen LogP contribution in [-0.4, -0.2) is 44.7 Å². The van der Waals surface area contributed by atoms with Gasteiger partial charge in [-0.25, -0.2) is 12.8 Å². The molecule has 7 heteroatoms. The van der Waals surface area contributed by atoms with Gasteiger partial charge in [0.25, 0.3) is 0 Å². The Labute approximate surface area is 159 Å². The van der Waals surface area contributed by atoms with Crippen LogP contribution in [0.2, 0.25) is 5.02 Å². The van der Waals surface area contributed by atoms with Crippen LogP contribution in [0.25, 0.3) is 0 Å². The Balaban J connectivity index is 1.52. The van der Waals surface area contributed by atoms with Gasteiger partial charge in [-0.05, 0) is 36.6 Å². The van der Waals surface area contributed by atoms with Crippen molar-refractivity contribution in [1.82, 2.24) is 4.31 Å². The third kappa shape index (κ3) is 4.75. The zero-order valence-electron chi connectivity index (χ0n) is 14.4. The van der Waals surface area contributed by atoms with E-state index in [1.54, 1.807) is 16.4 Å². The van der Waals surface area contributed by atoms with E-state index in [0.717, 1.165) is 17.7 Å². The lowest BCUT2D eigenvalue weighted by Gasteiger charge is -2.35. The second-order valence-corrected chi connectivity index (χ2v) is 8.89. The minimum Gasteiger partial charge on any atom is -0.369 e. The number of rotatable bonds is 6. The van der Waals surface area contributed by atoms with Gasteiger partial charge in [0, 0.05) is 31.9 Å². The minimum atomic E-state index is -3.25. The fourth-order valence-corrected chi connectivity index (χ4v) is 4.80. The summed E-state index contributed by atoms with van der Waals surface area (Å²) in [6.07, 6.45) is 1.37. The molecular formula is C19H22ClFN2O2S. The molecule has 2 aromatic carbocycles. The van der Waals surface area contributed by atoms with Crippen molar-refractivity contribution in [2.75, 3.05) is 36.8 Å². The first-order valence-corrected chi connectivity index (χ1v) is 10.7. The molecule has 1 saturated heterocycles. The number of anilines is 1. The monoisotopic (exact) mass is 396 g/mol. The van der Waals surface area contributed by atoms with Crippen LogP contribution in [0, 0.1) is 5.82 Å². The number of hydrogen-bond donors (Lipinski definition) is 0. The molecule has 0 spiro atoms. The fraction of sp³-hybridized carbons (Fsp3) is 0.368. The van der Waals surface area contributed by atoms with Gasteiger partial charge in [0.15, 0.2) is 0 Å². The molecule has 0 saturated carbocycles. The minimum absolute atomic E-state index is 0.0819. The summed E-state index contributed by atoms with van der Waals surface area (Å²) < 4.78 is 40.0. The average Bonchev–Trinajstić information content (AvgIpc) is 2.65. The van der Waals surface area contributed by atoms with Crippen molar-refractivity contribution >= 4 is 27.3 Å². The normalized spacial score (nSPS) is 16.0. The van der Waals surface area contributed by atoms with E-state index < -0.39 is 15.8 Å². The number of sulfonamides is 1. The molecule has 2 aromatic rings. The number of hydrogen-bond acceptors (Lipinski definition) is 3. The van der Waals surface area contributed by atoms with Crippen LogP contribution in [0.5, 0.6) is 0 Å². The van der Waals surface area contributed by atoms with Gasteiger partial charge < -0.3 is 4.90 Å². The summed E-state index contributed by atoms with van der Waals surface area (Å²) in [5, 5.41) is 0.0819. The maximum absolute atomic E-state index is 13.3. The lowest BCUT2D eigenvalue weighted by Crippen LogP contribution is -2.49. The molecule has 140 valence electrons. The topological polar surface area (TPSA) is 40.6 Å². The Morgan fingerprint density at radius 1 is 1.00 bits per heavy atom. The second-order valence-electron chi connectivity index (χ2n) is 6.39. The van der Waals surface area contributed by atoms with E-state index in [4.69, 9.17) is 11.6 Å². The quantitative estimate of drug-likeness (QED) is 0.749. The van der Waals surface area contributed by atoms with E-state index in [0.29, 0.717) is 32.6 Å². The van der Waals surface area contributed by atoms with Gasteiger partial charge in [-0.2, -0.15) is 4.31 Å². The summed E-state index contributed by atoms with van der Waals surface area (Å²) in [5.74, 6) is -0.292. The van der Waals surface area contributed by atoms with Crippen LogP contribution in [-0.2, 0) is 16.4 Å². The van der Waals surface area contributed by atoms with Gasteiger partial charge in [0.05, 0.1) is 10.8 Å². The molecule has 1 fully saturated rings. The molecule has 0 aliphatic carbocycles. The first kappa shape index (κ1) is 19.1. The third-order valence-corrected chi connectivity index (χ3v) is 6.86. The third-order valence-electron chi connectivity index (χ3n) is 4.61. The zero-order chi connectivity index (χ0) is 18.6. The van der Waals surface area contributed by atoms with Crippen molar-refractivity contribution in [3.05, 3.63) is 64.9 Å². The predicted octanol–water partition coefficient (Wildman–Crippen LogP) is 3.56. The van der Waals surface area contributed by atoms with Crippen LogP contribution < -0.4 is 4.90 Å². The smallest absolute Gasteiger partial charge is 0.214 e. The largest absolute Gasteiger partial charge is 0.369 e. The van der Waals surface area contributed by atoms with Gasteiger partial charge in [-0.15, -0.1) is 0 Å². The highest BCUT2D eigenvalue weighted by atomic mass is 35.5. The maximum atomic E-state index is 13.3. The predicted molar refractivity (Wildman–Crippen MR) is 104 cm³/mol. The number of nitrogens with zero attached hydrogens (tertiary/aromatic N) is 2. The molecule has 1 heterocycles. The van der Waals surface area contributed by atoms with Gasteiger partial charge in [-0.1, -0.05) is 41.9 Å². The Morgan fingerprint density at radius 2 is 1.69 bits per heavy atom. The van der Waals surface area contributed by atoms with Gasteiger partial charge in [0.2, 0.25) is 10.0 Å². The van der Waals surface area contributed by atoms with Crippen molar-refractivity contribution < 1.29 is 12.8 Å². The van der Waals surface area contributed by atoms with Crippen molar-refractivity contribution in [2.45, 2.75) is 12.8 Å². The number of halogens is 2. The first-order valence-electron chi connectivity index (χ1n) is 8.67. The molecular weight excluding hydrogens is 375 g/mol. The summed E-state index contributed by atoms with van der Waals surface area (Å²) in [6, 6.07) is 14.5. The number of piperazine rings is 1. The molecule has 1 aliphatic heterocycles. The summed E-state index contributed by atoms with van der Waals surface area (Å²) in [6.45, 7) is 2.01. The van der Waals surface area contributed by atoms with Crippen molar-refractivity contribution in [3.8, 4) is 0 Å². The molecule has 0 unspecified atom stereocenters. The van der Waals surface area contributed by atoms with Gasteiger partial charge in [0.1, 0.15) is 5.82 Å². The van der Waals surface area contributed by atoms with E-state index >= 15 is 0 Å². The van der Waals surface area contributed by atoms with E-state index in [1.807, 2.05) is 35.2 Å². The van der Waals surface area contributed by atoms with E-state index in [9.17, 15) is 12.8 Å². The molecule has 0 radical (unpaired) electrons. The lowest BCUT2D eigenvalue weighted by molar-refractivity contribution is 0.384. The summed E-state index contributed by atoms with van der Waals surface area (Å²) >= 11 is 5.83. The number of aryl methyl sites for hydroxylation is 1. The van der Waals surface area contributed by atoms with Crippen molar-refractivity contribution in [3.63, 3.8) is 0 Å². The van der Waals surface area contributed by atoms with Crippen LogP contribution in [0.15, 0.2) is 48.5 Å². The Morgan fingerprint density at radius 3 is 2.35 bits per heavy atom. The molecule has 0 atom stereocenters. The highest BCUT2D eigenvalue weighted by Gasteiger charge is 2.26. The molecule has 3 rings (SSSR count). The van der Waals surface area contributed by atoms with E-state index in [2.05, 4.69) is 0 Å². The molecule has 0 bridgehead atoms. The van der Waals surface area contributed by atoms with Gasteiger partial charge >= 0.3 is 0 Å². The van der Waals surface area contributed by atoms with Crippen LogP contribution >= 0.6 is 11.6 Å². The molecule has 4 nitrogen and oxygen atoms in total. The summed E-state index contributed by atoms with van der Waals surface area (Å²) in [4.78, 5) is 2.03. The summed E-state index contributed by atoms with van der Waals surface area (Å²) in [7, 11) is -3.25. The molecule has 1 aliphatic rings. The highest BCUT2D eigenvalue weighted by molar-refractivity contribution is 7.89. The van der Waals surface area contributed by atoms with Crippen molar-refractivity contribution in [1.29, 1.82) is 0 Å². The Hall–Kier alpha value is -1.63. The van der Waals surface area contributed by atoms with Crippen LogP contribution in [0.4, 0.5) is 10.1 Å². The Bertz CT molecular complexity index is 838. The Kier molecular flexibility index (Phi) is 6.16. The number of benzene rings is 2. The van der Waals surface area contributed by atoms with E-state index in [-0.39, 0.29) is 10.8 Å². The van der Waals surface area contributed by atoms with Crippen LogP contribution in [0.1, 0.15) is 12.0 Å². The lowest BCUT2D eigenvalue weighted by atomic mass is 10.1. The molecule has 26 heavy (non-hydrogen) atoms. The van der Waals surface area contributed by atoms with E-state index in [1.165, 1.54) is 6.07 Å². The molecule has 0 amide bonds. The van der Waals surface area contributed by atoms with Gasteiger partial charge in [-0.3, -0.25) is 0 Å². The summed E-state index contributed by atoms with van der Waals surface area (Å²) in [5.41, 5.74) is 1.97. The molecule has 0 aromatic heterocycles. The zero-order valence-corrected chi connectivity index (χ0v) is 16.0. The highest BCUT2D eigenvalue weighted by Crippen LogP contribution is 2.24. The second kappa shape index (κ2) is 8.37. The molecule has 0 N–H and O–H groups in total. The maximum Gasteiger partial charge on any atom is 0.214 e. The van der Waals surface area contributed by atoms with Crippen LogP contribution in [0.3, 0.4) is 0 Å².